The maximum absolute atomic E-state index is 12.5. The molecule has 0 saturated carbocycles. The highest BCUT2D eigenvalue weighted by atomic mass is 32.2. The first-order valence-corrected chi connectivity index (χ1v) is 12.2. The normalized spacial score (nSPS) is 11.0. The van der Waals surface area contributed by atoms with E-state index < -0.39 is 41.0 Å². The first kappa shape index (κ1) is 26.8. The number of nitrogens with zero attached hydrogens (tertiary/aromatic N) is 1. The Morgan fingerprint density at radius 2 is 1.56 bits per heavy atom. The molecule has 2 N–H and O–H groups in total. The van der Waals surface area contributed by atoms with E-state index in [4.69, 9.17) is 9.47 Å². The Hall–Kier alpha value is -3.44. The number of hydrogen-bond donors (Lipinski definition) is 2. The summed E-state index contributed by atoms with van der Waals surface area (Å²) in [5.74, 6) is -1.18. The van der Waals surface area contributed by atoms with E-state index in [0.717, 1.165) is 0 Å². The molecule has 0 fully saturated rings. The Bertz CT molecular complexity index is 1050. The predicted molar refractivity (Wildman–Crippen MR) is 125 cm³/mol. The van der Waals surface area contributed by atoms with Crippen LogP contribution in [-0.4, -0.2) is 69.9 Å². The first-order valence-electron chi connectivity index (χ1n) is 10.8. The highest BCUT2D eigenvalue weighted by Crippen LogP contribution is 2.16. The zero-order valence-corrected chi connectivity index (χ0v) is 20.0. The number of carbonyl (C=O) groups excluding carboxylic acids is 3. The molecule has 0 bridgehead atoms. The molecule has 0 unspecified atom stereocenters. The molecule has 0 aliphatic carbocycles. The second-order valence-corrected chi connectivity index (χ2v) is 8.91. The number of ether oxygens (including phenoxy) is 2. The van der Waals surface area contributed by atoms with Gasteiger partial charge in [0.15, 0.2) is 6.61 Å². The van der Waals surface area contributed by atoms with Crippen LogP contribution >= 0.6 is 0 Å². The molecule has 2 amide bonds. The van der Waals surface area contributed by atoms with Crippen molar-refractivity contribution >= 4 is 27.8 Å². The summed E-state index contributed by atoms with van der Waals surface area (Å²) >= 11 is 0. The fraction of sp³-hybridized carbons (Fsp3) is 0.348. The molecule has 0 radical (unpaired) electrons. The van der Waals surface area contributed by atoms with Crippen LogP contribution in [0.25, 0.3) is 0 Å². The number of esters is 1. The van der Waals surface area contributed by atoms with Crippen molar-refractivity contribution in [1.82, 2.24) is 14.9 Å². The maximum Gasteiger partial charge on any atom is 0.325 e. The SMILES string of the molecule is CCN(CC)S(=O)(=O)c1ccc(C(=O)NCC(=O)OCC(=O)NCCOc2ccccc2)cc1. The van der Waals surface area contributed by atoms with Gasteiger partial charge >= 0.3 is 5.97 Å². The van der Waals surface area contributed by atoms with Gasteiger partial charge in [0.25, 0.3) is 11.8 Å². The number of hydrogen-bond acceptors (Lipinski definition) is 7. The Morgan fingerprint density at radius 1 is 0.912 bits per heavy atom. The number of para-hydroxylation sites is 1. The third kappa shape index (κ3) is 8.16. The van der Waals surface area contributed by atoms with E-state index in [2.05, 4.69) is 10.6 Å². The third-order valence-electron chi connectivity index (χ3n) is 4.65. The molecule has 0 atom stereocenters. The number of sulfonamides is 1. The van der Waals surface area contributed by atoms with Crippen molar-refractivity contribution in [2.75, 3.05) is 39.4 Å². The van der Waals surface area contributed by atoms with Crippen LogP contribution in [0.2, 0.25) is 0 Å². The fourth-order valence-electron chi connectivity index (χ4n) is 2.87. The van der Waals surface area contributed by atoms with Gasteiger partial charge in [-0.25, -0.2) is 8.42 Å². The standard InChI is InChI=1S/C23H29N3O7S/c1-3-26(4-2)34(30,31)20-12-10-18(11-13-20)23(29)25-16-22(28)33-17-21(27)24-14-15-32-19-8-6-5-7-9-19/h5-13H,3-4,14-17H2,1-2H3,(H,24,27)(H,25,29). The van der Waals surface area contributed by atoms with Crippen LogP contribution in [-0.2, 0) is 24.3 Å². The van der Waals surface area contributed by atoms with E-state index in [0.29, 0.717) is 18.8 Å². The Balaban J connectivity index is 1.70. The second-order valence-electron chi connectivity index (χ2n) is 6.97. The van der Waals surface area contributed by atoms with Crippen molar-refractivity contribution in [3.8, 4) is 5.75 Å². The average molecular weight is 492 g/mol. The van der Waals surface area contributed by atoms with Crippen LogP contribution in [0.1, 0.15) is 24.2 Å². The van der Waals surface area contributed by atoms with Gasteiger partial charge in [-0.05, 0) is 36.4 Å². The largest absolute Gasteiger partial charge is 0.492 e. The van der Waals surface area contributed by atoms with Crippen LogP contribution in [0.4, 0.5) is 0 Å². The Morgan fingerprint density at radius 3 is 2.18 bits per heavy atom. The molecule has 0 aromatic heterocycles. The molecule has 2 rings (SSSR count). The van der Waals surface area contributed by atoms with E-state index in [1.165, 1.54) is 28.6 Å². The summed E-state index contributed by atoms with van der Waals surface area (Å²) in [6, 6.07) is 14.5. The van der Waals surface area contributed by atoms with Gasteiger partial charge in [0.2, 0.25) is 10.0 Å². The molecule has 0 saturated heterocycles. The highest BCUT2D eigenvalue weighted by Gasteiger charge is 2.21. The molecule has 184 valence electrons. The first-order chi connectivity index (χ1) is 16.3. The minimum atomic E-state index is -3.63. The van der Waals surface area contributed by atoms with Gasteiger partial charge in [-0.1, -0.05) is 32.0 Å². The van der Waals surface area contributed by atoms with Crippen LogP contribution in [0.15, 0.2) is 59.5 Å². The summed E-state index contributed by atoms with van der Waals surface area (Å²) in [6.07, 6.45) is 0. The second kappa shape index (κ2) is 13.3. The summed E-state index contributed by atoms with van der Waals surface area (Å²) in [7, 11) is -3.63. The van der Waals surface area contributed by atoms with Crippen molar-refractivity contribution in [3.63, 3.8) is 0 Å². The molecule has 2 aromatic rings. The molecule has 2 aromatic carbocycles. The van der Waals surface area contributed by atoms with Crippen molar-refractivity contribution < 1.29 is 32.3 Å². The van der Waals surface area contributed by atoms with Gasteiger partial charge < -0.3 is 20.1 Å². The fourth-order valence-corrected chi connectivity index (χ4v) is 4.33. The monoisotopic (exact) mass is 491 g/mol. The Kier molecular flexibility index (Phi) is 10.5. The summed E-state index contributed by atoms with van der Waals surface area (Å²) in [5, 5.41) is 4.92. The summed E-state index contributed by atoms with van der Waals surface area (Å²) in [6.45, 7) is 3.72. The van der Waals surface area contributed by atoms with Crippen molar-refractivity contribution in [1.29, 1.82) is 0 Å². The van der Waals surface area contributed by atoms with Crippen molar-refractivity contribution in [2.24, 2.45) is 0 Å². The van der Waals surface area contributed by atoms with Gasteiger partial charge in [-0.3, -0.25) is 14.4 Å². The van der Waals surface area contributed by atoms with E-state index in [-0.39, 0.29) is 23.6 Å². The van der Waals surface area contributed by atoms with Crippen LogP contribution in [0.5, 0.6) is 5.75 Å². The lowest BCUT2D eigenvalue weighted by Crippen LogP contribution is -2.35. The summed E-state index contributed by atoms with van der Waals surface area (Å²) in [4.78, 5) is 35.8. The smallest absolute Gasteiger partial charge is 0.325 e. The number of amides is 2. The average Bonchev–Trinajstić information content (AvgIpc) is 2.85. The lowest BCUT2D eigenvalue weighted by atomic mass is 10.2. The molecule has 0 spiro atoms. The molecular formula is C23H29N3O7S. The van der Waals surface area contributed by atoms with Gasteiger partial charge in [0, 0.05) is 18.7 Å². The zero-order valence-electron chi connectivity index (χ0n) is 19.2. The molecule has 0 aliphatic heterocycles. The highest BCUT2D eigenvalue weighted by molar-refractivity contribution is 7.89. The Labute approximate surface area is 199 Å². The summed E-state index contributed by atoms with van der Waals surface area (Å²) in [5.41, 5.74) is 0.183. The lowest BCUT2D eigenvalue weighted by molar-refractivity contribution is -0.147. The van der Waals surface area contributed by atoms with Crippen molar-refractivity contribution in [3.05, 3.63) is 60.2 Å². The molecule has 0 heterocycles. The molecular weight excluding hydrogens is 462 g/mol. The number of carbonyl (C=O) groups is 3. The molecule has 10 nitrogen and oxygen atoms in total. The lowest BCUT2D eigenvalue weighted by Gasteiger charge is -2.18. The quantitative estimate of drug-likeness (QED) is 0.318. The third-order valence-corrected chi connectivity index (χ3v) is 6.72. The van der Waals surface area contributed by atoms with Crippen LogP contribution in [0.3, 0.4) is 0 Å². The topological polar surface area (TPSA) is 131 Å². The minimum absolute atomic E-state index is 0.0762. The number of nitrogens with one attached hydrogen (secondary N) is 2. The predicted octanol–water partition coefficient (Wildman–Crippen LogP) is 1.19. The van der Waals surface area contributed by atoms with Gasteiger partial charge in [0.1, 0.15) is 18.9 Å². The van der Waals surface area contributed by atoms with E-state index in [1.807, 2.05) is 18.2 Å². The van der Waals surface area contributed by atoms with E-state index in [9.17, 15) is 22.8 Å². The van der Waals surface area contributed by atoms with E-state index >= 15 is 0 Å². The zero-order chi connectivity index (χ0) is 25.0. The van der Waals surface area contributed by atoms with E-state index in [1.54, 1.807) is 26.0 Å². The van der Waals surface area contributed by atoms with Gasteiger partial charge in [-0.15, -0.1) is 0 Å². The van der Waals surface area contributed by atoms with Gasteiger partial charge in [0.05, 0.1) is 11.4 Å². The van der Waals surface area contributed by atoms with Crippen LogP contribution in [0, 0.1) is 0 Å². The van der Waals surface area contributed by atoms with Crippen LogP contribution < -0.4 is 15.4 Å². The maximum atomic E-state index is 12.5. The number of benzene rings is 2. The summed E-state index contributed by atoms with van der Waals surface area (Å²) < 4.78 is 36.6. The molecule has 0 aliphatic rings. The molecule has 34 heavy (non-hydrogen) atoms. The molecule has 11 heteroatoms. The van der Waals surface area contributed by atoms with Crippen molar-refractivity contribution in [2.45, 2.75) is 18.7 Å². The van der Waals surface area contributed by atoms with Gasteiger partial charge in [-0.2, -0.15) is 4.31 Å². The number of rotatable bonds is 13. The minimum Gasteiger partial charge on any atom is -0.492 e.